The molecule has 1 aromatic rings. The number of furan rings is 1. The van der Waals surface area contributed by atoms with Gasteiger partial charge in [-0.25, -0.2) is 4.79 Å². The summed E-state index contributed by atoms with van der Waals surface area (Å²) < 4.78 is 5.82. The molecule has 0 spiro atoms. The van der Waals surface area contributed by atoms with Gasteiger partial charge in [0.2, 0.25) is 0 Å². The van der Waals surface area contributed by atoms with Gasteiger partial charge >= 0.3 is 6.03 Å². The average molecular weight is 395 g/mol. The van der Waals surface area contributed by atoms with E-state index in [-0.39, 0.29) is 12.1 Å². The first-order valence-corrected chi connectivity index (χ1v) is 14.4. The van der Waals surface area contributed by atoms with E-state index in [0.29, 0.717) is 0 Å². The molecule has 4 nitrogen and oxygen atoms in total. The summed E-state index contributed by atoms with van der Waals surface area (Å²) in [6.45, 7) is 9.07. The largest absolute Gasteiger partial charge is 0.474 e. The zero-order valence-electron chi connectivity index (χ0n) is 18.4. The van der Waals surface area contributed by atoms with Gasteiger partial charge in [-0.15, -0.1) is 0 Å². The van der Waals surface area contributed by atoms with E-state index in [9.17, 15) is 4.79 Å². The molecule has 2 N–H and O–H groups in total. The van der Waals surface area contributed by atoms with Gasteiger partial charge in [-0.3, -0.25) is 0 Å². The third-order valence-corrected chi connectivity index (χ3v) is 7.13. The van der Waals surface area contributed by atoms with Crippen molar-refractivity contribution in [3.8, 4) is 0 Å². The Hall–Kier alpha value is -1.23. The molecule has 1 rings (SSSR count). The van der Waals surface area contributed by atoms with E-state index in [2.05, 4.69) is 32.6 Å². The minimum atomic E-state index is -1.49. The maximum atomic E-state index is 11.7. The van der Waals surface area contributed by atoms with Gasteiger partial charge in [0.15, 0.2) is 0 Å². The molecule has 0 aliphatic heterocycles. The monoisotopic (exact) mass is 394 g/mol. The van der Waals surface area contributed by atoms with Gasteiger partial charge in [-0.1, -0.05) is 90.8 Å². The van der Waals surface area contributed by atoms with Gasteiger partial charge in [0.25, 0.3) is 0 Å². The predicted octanol–water partition coefficient (Wildman–Crippen LogP) is 6.19. The first-order chi connectivity index (χ1) is 12.8. The molecule has 0 fully saturated rings. The van der Waals surface area contributed by atoms with Crippen LogP contribution in [-0.2, 0) is 0 Å². The fourth-order valence-corrected chi connectivity index (χ4v) is 4.49. The summed E-state index contributed by atoms with van der Waals surface area (Å²) in [6, 6.07) is 1.79. The first kappa shape index (κ1) is 23.8. The molecule has 1 aromatic heterocycles. The van der Waals surface area contributed by atoms with Gasteiger partial charge in [0, 0.05) is 12.6 Å². The minimum Gasteiger partial charge on any atom is -0.474 e. The highest BCUT2D eigenvalue weighted by atomic mass is 28.3. The summed E-state index contributed by atoms with van der Waals surface area (Å²) in [4.78, 5) is 13.4. The molecule has 0 aromatic carbocycles. The van der Waals surface area contributed by atoms with Crippen molar-refractivity contribution in [2.75, 3.05) is 7.05 Å². The number of carbonyl (C=O) groups is 1. The Morgan fingerprint density at radius 1 is 1.04 bits per heavy atom. The van der Waals surface area contributed by atoms with E-state index in [0.717, 1.165) is 23.8 Å². The van der Waals surface area contributed by atoms with E-state index in [4.69, 9.17) is 10.2 Å². The number of amides is 2. The zero-order valence-corrected chi connectivity index (χ0v) is 19.4. The molecule has 0 saturated heterocycles. The number of nitrogens with zero attached hydrogens (tertiary/aromatic N) is 1. The van der Waals surface area contributed by atoms with Crippen LogP contribution in [0.15, 0.2) is 16.7 Å². The lowest BCUT2D eigenvalue weighted by atomic mass is 10.0. The molecule has 0 aliphatic carbocycles. The summed E-state index contributed by atoms with van der Waals surface area (Å²) >= 11 is 0. The molecule has 0 radical (unpaired) electrons. The molecule has 0 saturated carbocycles. The summed E-state index contributed by atoms with van der Waals surface area (Å²) in [7, 11) is 0.309. The lowest BCUT2D eigenvalue weighted by molar-refractivity contribution is 0.195. The molecule has 1 unspecified atom stereocenters. The number of primary amides is 1. The van der Waals surface area contributed by atoms with Gasteiger partial charge in [-0.05, 0) is 12.5 Å². The van der Waals surface area contributed by atoms with Crippen molar-refractivity contribution in [3.05, 3.63) is 17.9 Å². The van der Waals surface area contributed by atoms with Crippen LogP contribution in [0.5, 0.6) is 0 Å². The Kier molecular flexibility index (Phi) is 10.8. The van der Waals surface area contributed by atoms with E-state index in [1.807, 2.05) is 6.26 Å². The molecule has 0 bridgehead atoms. The Bertz CT molecular complexity index is 537. The number of carbonyl (C=O) groups excluding carboxylic acids is 1. The van der Waals surface area contributed by atoms with Crippen molar-refractivity contribution < 1.29 is 9.21 Å². The molecule has 27 heavy (non-hydrogen) atoms. The molecule has 1 atom stereocenters. The van der Waals surface area contributed by atoms with Crippen LogP contribution in [-0.4, -0.2) is 26.1 Å². The highest BCUT2D eigenvalue weighted by Crippen LogP contribution is 2.26. The summed E-state index contributed by atoms with van der Waals surface area (Å²) in [5.74, 6) is 0. The summed E-state index contributed by atoms with van der Waals surface area (Å²) in [5, 5.41) is 1.09. The number of unbranched alkanes of at least 4 members (excludes halogenated alkanes) is 9. The number of nitrogens with two attached hydrogens (primary N) is 1. The minimum absolute atomic E-state index is 0.0189. The molecule has 156 valence electrons. The van der Waals surface area contributed by atoms with Crippen LogP contribution in [0.25, 0.3) is 0 Å². The second-order valence-electron chi connectivity index (χ2n) is 8.93. The fourth-order valence-electron chi connectivity index (χ4n) is 3.48. The van der Waals surface area contributed by atoms with E-state index >= 15 is 0 Å². The zero-order chi connectivity index (χ0) is 20.3. The second kappa shape index (κ2) is 12.3. The third kappa shape index (κ3) is 9.00. The Morgan fingerprint density at radius 2 is 1.56 bits per heavy atom. The Labute approximate surface area is 167 Å². The van der Waals surface area contributed by atoms with Crippen LogP contribution in [0.1, 0.15) is 89.2 Å². The Balaban J connectivity index is 2.41. The van der Waals surface area contributed by atoms with Crippen molar-refractivity contribution in [2.24, 2.45) is 5.73 Å². The lowest BCUT2D eigenvalue weighted by Gasteiger charge is -2.26. The topological polar surface area (TPSA) is 59.5 Å². The van der Waals surface area contributed by atoms with Crippen LogP contribution in [0, 0.1) is 0 Å². The van der Waals surface area contributed by atoms with Crippen LogP contribution in [0.2, 0.25) is 19.6 Å². The number of hydrogen-bond acceptors (Lipinski definition) is 2. The maximum Gasteiger partial charge on any atom is 0.315 e. The standard InChI is InChI=1S/C22H42N2O2Si/c1-6-7-8-9-10-11-12-13-14-15-16-20(24(2)22(23)25)19-17-21(26-18-19)27(3,4)5/h17-18,20H,6-16H2,1-5H3,(H2,23,25). The fraction of sp³-hybridized carbons (Fsp3) is 0.773. The quantitative estimate of drug-likeness (QED) is 0.302. The van der Waals surface area contributed by atoms with Crippen molar-refractivity contribution in [1.82, 2.24) is 4.90 Å². The van der Waals surface area contributed by atoms with Crippen LogP contribution >= 0.6 is 0 Å². The average Bonchev–Trinajstić information content (AvgIpc) is 3.09. The molecule has 5 heteroatoms. The van der Waals surface area contributed by atoms with Gasteiger partial charge in [0.1, 0.15) is 8.07 Å². The predicted molar refractivity (Wildman–Crippen MR) is 118 cm³/mol. The van der Waals surface area contributed by atoms with Crippen LogP contribution < -0.4 is 11.1 Å². The van der Waals surface area contributed by atoms with Crippen molar-refractivity contribution in [3.63, 3.8) is 0 Å². The molecule has 2 amide bonds. The first-order valence-electron chi connectivity index (χ1n) is 10.9. The molecule has 1 heterocycles. The molecular weight excluding hydrogens is 352 g/mol. The smallest absolute Gasteiger partial charge is 0.315 e. The second-order valence-corrected chi connectivity index (χ2v) is 13.9. The third-order valence-electron chi connectivity index (χ3n) is 5.39. The lowest BCUT2D eigenvalue weighted by Crippen LogP contribution is -2.37. The summed E-state index contributed by atoms with van der Waals surface area (Å²) in [5.41, 5.74) is 6.64. The molecular formula is C22H42N2O2Si. The van der Waals surface area contributed by atoms with E-state index in [1.54, 1.807) is 11.9 Å². The number of rotatable bonds is 14. The van der Waals surface area contributed by atoms with Gasteiger partial charge in [-0.2, -0.15) is 0 Å². The maximum absolute atomic E-state index is 11.7. The van der Waals surface area contributed by atoms with Gasteiger partial charge < -0.3 is 15.1 Å². The van der Waals surface area contributed by atoms with Crippen LogP contribution in [0.3, 0.4) is 0 Å². The van der Waals surface area contributed by atoms with Crippen LogP contribution in [0.4, 0.5) is 4.79 Å². The van der Waals surface area contributed by atoms with Gasteiger partial charge in [0.05, 0.1) is 17.7 Å². The highest BCUT2D eigenvalue weighted by molar-refractivity contribution is 6.87. The Morgan fingerprint density at radius 3 is 2.00 bits per heavy atom. The number of urea groups is 1. The number of hydrogen-bond donors (Lipinski definition) is 1. The normalized spacial score (nSPS) is 12.9. The van der Waals surface area contributed by atoms with E-state index in [1.165, 1.54) is 57.8 Å². The SMILES string of the molecule is CCCCCCCCCCCCC(c1coc([Si](C)(C)C)c1)N(C)C(N)=O. The van der Waals surface area contributed by atoms with Crippen molar-refractivity contribution in [1.29, 1.82) is 0 Å². The van der Waals surface area contributed by atoms with Crippen molar-refractivity contribution >= 4 is 19.5 Å². The summed E-state index contributed by atoms with van der Waals surface area (Å²) in [6.07, 6.45) is 15.9. The van der Waals surface area contributed by atoms with E-state index < -0.39 is 8.07 Å². The van der Waals surface area contributed by atoms with Crippen molar-refractivity contribution in [2.45, 2.75) is 103 Å². The molecule has 0 aliphatic rings. The highest BCUT2D eigenvalue weighted by Gasteiger charge is 2.26.